The number of aliphatic hydroxyl groups is 1. The maximum Gasteiger partial charge on any atom is 0.306 e. The second-order valence-corrected chi connectivity index (χ2v) is 14.8. The van der Waals surface area contributed by atoms with Crippen LogP contribution in [0.2, 0.25) is 0 Å². The third kappa shape index (κ3) is 41.0. The Morgan fingerprint density at radius 1 is 0.480 bits per heavy atom. The summed E-state index contributed by atoms with van der Waals surface area (Å²) in [4.78, 5) is 12.2. The Hall–Kier alpha value is -1.39. The Morgan fingerprint density at radius 3 is 1.32 bits per heavy atom. The molecule has 0 saturated heterocycles. The molecule has 1 atom stereocenters. The number of carbonyl (C=O) groups is 1. The van der Waals surface area contributed by atoms with Crippen molar-refractivity contribution < 1.29 is 19.4 Å². The van der Waals surface area contributed by atoms with Crippen LogP contribution in [-0.2, 0) is 14.3 Å². The van der Waals surface area contributed by atoms with Gasteiger partial charge in [-0.2, -0.15) is 0 Å². The standard InChI is InChI=1S/C46H86O4/c1-3-5-7-9-11-13-15-17-19-20-21-22-23-24-25-26-27-29-31-33-35-37-39-41-46(48)50-45(43-47)44-49-42-40-38-36-34-32-30-28-18-16-14-12-10-8-6-4-2/h10,12,16,18,20-21,45,47H,3-9,11,13-15,17,19,22-44H2,1-2H3/b12-10-,18-16-,21-20-. The Bertz CT molecular complexity index is 742. The molecule has 0 aromatic heterocycles. The van der Waals surface area contributed by atoms with Crippen molar-refractivity contribution in [1.82, 2.24) is 0 Å². The Morgan fingerprint density at radius 2 is 0.860 bits per heavy atom. The van der Waals surface area contributed by atoms with Crippen LogP contribution in [0.4, 0.5) is 0 Å². The van der Waals surface area contributed by atoms with Crippen LogP contribution >= 0.6 is 0 Å². The van der Waals surface area contributed by atoms with Crippen LogP contribution in [0.25, 0.3) is 0 Å². The van der Waals surface area contributed by atoms with E-state index in [-0.39, 0.29) is 12.6 Å². The van der Waals surface area contributed by atoms with Crippen LogP contribution in [0.5, 0.6) is 0 Å². The average molecular weight is 703 g/mol. The van der Waals surface area contributed by atoms with E-state index in [9.17, 15) is 9.90 Å². The summed E-state index contributed by atoms with van der Waals surface area (Å²) < 4.78 is 11.2. The monoisotopic (exact) mass is 703 g/mol. The Kier molecular flexibility index (Phi) is 42.6. The summed E-state index contributed by atoms with van der Waals surface area (Å²) in [5.41, 5.74) is 0. The molecule has 0 fully saturated rings. The molecule has 1 N–H and O–H groups in total. The van der Waals surface area contributed by atoms with Crippen LogP contribution in [0.15, 0.2) is 36.5 Å². The van der Waals surface area contributed by atoms with E-state index >= 15 is 0 Å². The van der Waals surface area contributed by atoms with Crippen molar-refractivity contribution in [2.45, 2.75) is 232 Å². The van der Waals surface area contributed by atoms with Gasteiger partial charge in [-0.05, 0) is 64.2 Å². The van der Waals surface area contributed by atoms with E-state index in [1.165, 1.54) is 180 Å². The molecule has 0 aliphatic heterocycles. The number of unbranched alkanes of at least 4 members (excludes halogenated alkanes) is 27. The molecule has 4 heteroatoms. The summed E-state index contributed by atoms with van der Waals surface area (Å²) >= 11 is 0. The predicted molar refractivity (Wildman–Crippen MR) is 219 cm³/mol. The normalized spacial score (nSPS) is 12.6. The number of rotatable bonds is 41. The van der Waals surface area contributed by atoms with Gasteiger partial charge in [0.15, 0.2) is 0 Å². The first-order chi connectivity index (χ1) is 24.7. The summed E-state index contributed by atoms with van der Waals surface area (Å²) in [5, 5.41) is 9.60. The lowest BCUT2D eigenvalue weighted by Gasteiger charge is -2.15. The van der Waals surface area contributed by atoms with Gasteiger partial charge in [0.1, 0.15) is 6.10 Å². The number of hydrogen-bond donors (Lipinski definition) is 1. The van der Waals surface area contributed by atoms with Crippen molar-refractivity contribution in [2.24, 2.45) is 0 Å². The first-order valence-electron chi connectivity index (χ1n) is 22.1. The van der Waals surface area contributed by atoms with Crippen molar-refractivity contribution in [3.63, 3.8) is 0 Å². The molecule has 0 radical (unpaired) electrons. The SMILES string of the molecule is CCCC/C=C\C/C=C\CCCCCCCCOCC(CO)OC(=O)CCCCCCCCCCCCC/C=C\CCCCCCCCCC. The fourth-order valence-electron chi connectivity index (χ4n) is 6.34. The van der Waals surface area contributed by atoms with Gasteiger partial charge in [-0.1, -0.05) is 192 Å². The van der Waals surface area contributed by atoms with Crippen molar-refractivity contribution in [1.29, 1.82) is 0 Å². The topological polar surface area (TPSA) is 55.8 Å². The summed E-state index contributed by atoms with van der Waals surface area (Å²) in [5.74, 6) is -0.204. The molecular formula is C46H86O4. The fraction of sp³-hybridized carbons (Fsp3) is 0.848. The third-order valence-electron chi connectivity index (χ3n) is 9.69. The summed E-state index contributed by atoms with van der Waals surface area (Å²) in [7, 11) is 0. The highest BCUT2D eigenvalue weighted by molar-refractivity contribution is 5.69. The molecule has 50 heavy (non-hydrogen) atoms. The molecule has 0 aliphatic rings. The summed E-state index contributed by atoms with van der Waals surface area (Å²) in [6, 6.07) is 0. The smallest absolute Gasteiger partial charge is 0.306 e. The first-order valence-corrected chi connectivity index (χ1v) is 22.1. The molecule has 0 aliphatic carbocycles. The van der Waals surface area contributed by atoms with Gasteiger partial charge in [-0.15, -0.1) is 0 Å². The van der Waals surface area contributed by atoms with Crippen molar-refractivity contribution >= 4 is 5.97 Å². The molecule has 0 aromatic carbocycles. The van der Waals surface area contributed by atoms with Gasteiger partial charge in [0.2, 0.25) is 0 Å². The van der Waals surface area contributed by atoms with E-state index < -0.39 is 6.10 Å². The summed E-state index contributed by atoms with van der Waals surface area (Å²) in [6.07, 6.45) is 54.9. The molecule has 0 aromatic rings. The molecule has 0 amide bonds. The zero-order valence-electron chi connectivity index (χ0n) is 33.7. The van der Waals surface area contributed by atoms with Crippen LogP contribution in [0.3, 0.4) is 0 Å². The summed E-state index contributed by atoms with van der Waals surface area (Å²) in [6.45, 7) is 5.31. The van der Waals surface area contributed by atoms with Crippen LogP contribution in [0, 0.1) is 0 Å². The number of carbonyl (C=O) groups excluding carboxylic acids is 1. The van der Waals surface area contributed by atoms with Crippen molar-refractivity contribution in [3.8, 4) is 0 Å². The molecule has 0 heterocycles. The highest BCUT2D eigenvalue weighted by Gasteiger charge is 2.13. The maximum absolute atomic E-state index is 12.2. The Balaban J connectivity index is 3.41. The maximum atomic E-state index is 12.2. The average Bonchev–Trinajstić information content (AvgIpc) is 3.12. The molecule has 0 bridgehead atoms. The minimum Gasteiger partial charge on any atom is -0.457 e. The molecule has 0 rings (SSSR count). The van der Waals surface area contributed by atoms with Gasteiger partial charge in [0.25, 0.3) is 0 Å². The highest BCUT2D eigenvalue weighted by atomic mass is 16.6. The third-order valence-corrected chi connectivity index (χ3v) is 9.69. The highest BCUT2D eigenvalue weighted by Crippen LogP contribution is 2.14. The van der Waals surface area contributed by atoms with Crippen LogP contribution in [-0.4, -0.2) is 37.0 Å². The van der Waals surface area contributed by atoms with E-state index in [2.05, 4.69) is 50.3 Å². The van der Waals surface area contributed by atoms with Crippen molar-refractivity contribution in [2.75, 3.05) is 19.8 Å². The molecule has 4 nitrogen and oxygen atoms in total. The number of esters is 1. The molecule has 0 saturated carbocycles. The molecule has 0 spiro atoms. The first kappa shape index (κ1) is 48.6. The largest absolute Gasteiger partial charge is 0.457 e. The second-order valence-electron chi connectivity index (χ2n) is 14.8. The zero-order chi connectivity index (χ0) is 36.3. The van der Waals surface area contributed by atoms with Gasteiger partial charge in [0.05, 0.1) is 13.2 Å². The lowest BCUT2D eigenvalue weighted by molar-refractivity contribution is -0.154. The minimum atomic E-state index is -0.539. The molecule has 294 valence electrons. The fourth-order valence-corrected chi connectivity index (χ4v) is 6.34. The van der Waals surface area contributed by atoms with E-state index in [1.807, 2.05) is 0 Å². The Labute approximate surface area is 312 Å². The molecular weight excluding hydrogens is 617 g/mol. The van der Waals surface area contributed by atoms with Crippen LogP contribution in [0.1, 0.15) is 226 Å². The predicted octanol–water partition coefficient (Wildman–Crippen LogP) is 14.5. The van der Waals surface area contributed by atoms with Gasteiger partial charge < -0.3 is 14.6 Å². The number of ether oxygens (including phenoxy) is 2. The lowest BCUT2D eigenvalue weighted by atomic mass is 10.0. The second kappa shape index (κ2) is 43.8. The number of allylic oxidation sites excluding steroid dienone is 6. The van der Waals surface area contributed by atoms with Gasteiger partial charge in [-0.25, -0.2) is 0 Å². The van der Waals surface area contributed by atoms with E-state index in [1.54, 1.807) is 0 Å². The van der Waals surface area contributed by atoms with E-state index in [0.29, 0.717) is 19.6 Å². The number of aliphatic hydroxyl groups excluding tert-OH is 1. The van der Waals surface area contributed by atoms with Gasteiger partial charge in [-0.3, -0.25) is 4.79 Å². The molecule has 1 unspecified atom stereocenters. The lowest BCUT2D eigenvalue weighted by Crippen LogP contribution is -2.27. The van der Waals surface area contributed by atoms with Gasteiger partial charge in [0, 0.05) is 13.0 Å². The minimum absolute atomic E-state index is 0.175. The quantitative estimate of drug-likeness (QED) is 0.0391. The van der Waals surface area contributed by atoms with E-state index in [0.717, 1.165) is 25.7 Å². The van der Waals surface area contributed by atoms with E-state index in [4.69, 9.17) is 9.47 Å². The zero-order valence-corrected chi connectivity index (χ0v) is 33.7. The van der Waals surface area contributed by atoms with Gasteiger partial charge >= 0.3 is 5.97 Å². The van der Waals surface area contributed by atoms with Crippen molar-refractivity contribution in [3.05, 3.63) is 36.5 Å². The number of hydrogen-bond acceptors (Lipinski definition) is 4. The van der Waals surface area contributed by atoms with Crippen LogP contribution < -0.4 is 0 Å².